The number of aliphatic hydroxyl groups excluding tert-OH is 1. The number of aliphatic hydroxyl groups is 1. The van der Waals surface area contributed by atoms with Gasteiger partial charge in [0.1, 0.15) is 6.61 Å². The van der Waals surface area contributed by atoms with Gasteiger partial charge in [-0.3, -0.25) is 4.84 Å². The monoisotopic (exact) mass is 203 g/mol. The molecule has 0 aliphatic carbocycles. The van der Waals surface area contributed by atoms with Gasteiger partial charge >= 0.3 is 12.3 Å². The molecule has 0 aromatic heterocycles. The van der Waals surface area contributed by atoms with Crippen molar-refractivity contribution in [2.45, 2.75) is 6.18 Å². The molecule has 0 aromatic rings. The molecule has 0 saturated heterocycles. The number of halogens is 3. The molecule has 13 heavy (non-hydrogen) atoms. The van der Waals surface area contributed by atoms with Gasteiger partial charge in [0, 0.05) is 0 Å². The van der Waals surface area contributed by atoms with Crippen LogP contribution in [-0.2, 0) is 9.57 Å². The average Bonchev–Trinajstić information content (AvgIpc) is 1.98. The summed E-state index contributed by atoms with van der Waals surface area (Å²) >= 11 is 0. The quantitative estimate of drug-likeness (QED) is 0.640. The lowest BCUT2D eigenvalue weighted by Gasteiger charge is -2.07. The molecule has 5 nitrogen and oxygen atoms in total. The lowest BCUT2D eigenvalue weighted by Crippen LogP contribution is -2.30. The van der Waals surface area contributed by atoms with Gasteiger partial charge < -0.3 is 9.84 Å². The highest BCUT2D eigenvalue weighted by Gasteiger charge is 2.28. The van der Waals surface area contributed by atoms with E-state index in [1.54, 1.807) is 0 Å². The second-order valence-electron chi connectivity index (χ2n) is 1.87. The summed E-state index contributed by atoms with van der Waals surface area (Å²) in [5.41, 5.74) is 1.38. The maximum Gasteiger partial charge on any atom is 0.431 e. The second kappa shape index (κ2) is 5.60. The molecule has 0 saturated carbocycles. The van der Waals surface area contributed by atoms with Crippen molar-refractivity contribution in [2.75, 3.05) is 19.8 Å². The standard InChI is InChI=1S/C5H8F3NO4/c6-5(7,8)3-13-9-4(11)12-2-1-10/h10H,1-3H2,(H,9,11). The summed E-state index contributed by atoms with van der Waals surface area (Å²) in [7, 11) is 0. The number of alkyl halides is 3. The summed E-state index contributed by atoms with van der Waals surface area (Å²) in [5.74, 6) is 0. The number of hydrogen-bond donors (Lipinski definition) is 2. The molecule has 0 fully saturated rings. The van der Waals surface area contributed by atoms with E-state index >= 15 is 0 Å². The minimum atomic E-state index is -4.51. The minimum Gasteiger partial charge on any atom is -0.446 e. The topological polar surface area (TPSA) is 67.8 Å². The molecule has 2 N–H and O–H groups in total. The summed E-state index contributed by atoms with van der Waals surface area (Å²) in [6, 6.07) is 0. The van der Waals surface area contributed by atoms with Gasteiger partial charge in [0.15, 0.2) is 6.61 Å². The molecule has 0 heterocycles. The third kappa shape index (κ3) is 8.89. The Hall–Kier alpha value is -1.02. The second-order valence-corrected chi connectivity index (χ2v) is 1.87. The lowest BCUT2D eigenvalue weighted by molar-refractivity contribution is -0.185. The van der Waals surface area contributed by atoms with Crippen LogP contribution in [0.2, 0.25) is 0 Å². The summed E-state index contributed by atoms with van der Waals surface area (Å²) in [5, 5.41) is 8.14. The van der Waals surface area contributed by atoms with Crippen molar-refractivity contribution in [3.8, 4) is 0 Å². The van der Waals surface area contributed by atoms with Gasteiger partial charge in [-0.1, -0.05) is 0 Å². The van der Waals surface area contributed by atoms with Gasteiger partial charge in [-0.2, -0.15) is 18.7 Å². The van der Waals surface area contributed by atoms with E-state index in [0.29, 0.717) is 0 Å². The molecule has 0 bridgehead atoms. The number of hydrogen-bond acceptors (Lipinski definition) is 4. The first-order valence-corrected chi connectivity index (χ1v) is 3.18. The molecule has 1 amide bonds. The van der Waals surface area contributed by atoms with Crippen LogP contribution in [0.15, 0.2) is 0 Å². The maximum absolute atomic E-state index is 11.4. The molecule has 0 radical (unpaired) electrons. The first-order chi connectivity index (χ1) is 5.95. The highest BCUT2D eigenvalue weighted by molar-refractivity contribution is 5.65. The highest BCUT2D eigenvalue weighted by Crippen LogP contribution is 2.13. The van der Waals surface area contributed by atoms with Crippen LogP contribution in [0.5, 0.6) is 0 Å². The molecule has 0 spiro atoms. The summed E-state index contributed by atoms with van der Waals surface area (Å²) < 4.78 is 38.3. The van der Waals surface area contributed by atoms with Crippen molar-refractivity contribution in [3.05, 3.63) is 0 Å². The highest BCUT2D eigenvalue weighted by atomic mass is 19.4. The van der Waals surface area contributed by atoms with E-state index in [2.05, 4.69) is 9.57 Å². The van der Waals surface area contributed by atoms with Crippen molar-refractivity contribution in [3.63, 3.8) is 0 Å². The first-order valence-electron chi connectivity index (χ1n) is 3.18. The third-order valence-corrected chi connectivity index (χ3v) is 0.716. The van der Waals surface area contributed by atoms with E-state index in [1.807, 2.05) is 0 Å². The summed E-state index contributed by atoms with van der Waals surface area (Å²) in [6.45, 7) is -2.31. The number of carbonyl (C=O) groups is 1. The molecule has 8 heteroatoms. The first kappa shape index (κ1) is 12.0. The average molecular weight is 203 g/mol. The van der Waals surface area contributed by atoms with Gasteiger partial charge in [-0.05, 0) is 0 Å². The zero-order valence-electron chi connectivity index (χ0n) is 6.43. The van der Waals surface area contributed by atoms with Crippen LogP contribution >= 0.6 is 0 Å². The van der Waals surface area contributed by atoms with Gasteiger partial charge in [0.2, 0.25) is 0 Å². The van der Waals surface area contributed by atoms with Gasteiger partial charge in [0.25, 0.3) is 0 Å². The van der Waals surface area contributed by atoms with Crippen LogP contribution in [0.4, 0.5) is 18.0 Å². The predicted molar refractivity (Wildman–Crippen MR) is 33.6 cm³/mol. The molecule has 0 atom stereocenters. The minimum absolute atomic E-state index is 0.304. The number of nitrogens with one attached hydrogen (secondary N) is 1. The van der Waals surface area contributed by atoms with E-state index in [-0.39, 0.29) is 6.61 Å². The molecule has 0 aliphatic heterocycles. The number of rotatable bonds is 4. The number of carbonyl (C=O) groups excluding carboxylic acids is 1. The lowest BCUT2D eigenvalue weighted by atomic mass is 10.7. The predicted octanol–water partition coefficient (Wildman–Crippen LogP) is 0.199. The Bertz CT molecular complexity index is 160. The SMILES string of the molecule is O=C(NOCC(F)(F)F)OCCO. The molecular formula is C5H8F3NO4. The normalized spacial score (nSPS) is 11.1. The van der Waals surface area contributed by atoms with Crippen molar-refractivity contribution >= 4 is 6.09 Å². The third-order valence-electron chi connectivity index (χ3n) is 0.716. The summed E-state index contributed by atoms with van der Waals surface area (Å²) in [6.07, 6.45) is -5.69. The maximum atomic E-state index is 11.4. The Balaban J connectivity index is 3.37. The van der Waals surface area contributed by atoms with E-state index in [1.165, 1.54) is 5.48 Å². The number of ether oxygens (including phenoxy) is 1. The van der Waals surface area contributed by atoms with Crippen molar-refractivity contribution in [2.24, 2.45) is 0 Å². The largest absolute Gasteiger partial charge is 0.446 e. The Morgan fingerprint density at radius 3 is 2.54 bits per heavy atom. The molecule has 0 rings (SSSR count). The zero-order chi connectivity index (χ0) is 10.3. The molecule has 0 unspecified atom stereocenters. The van der Waals surface area contributed by atoms with Gasteiger partial charge in [0.05, 0.1) is 6.61 Å². The smallest absolute Gasteiger partial charge is 0.431 e. The van der Waals surface area contributed by atoms with Gasteiger partial charge in [-0.25, -0.2) is 4.79 Å². The fourth-order valence-electron chi connectivity index (χ4n) is 0.345. The van der Waals surface area contributed by atoms with E-state index in [0.717, 1.165) is 0 Å². The van der Waals surface area contributed by atoms with Crippen molar-refractivity contribution in [1.82, 2.24) is 5.48 Å². The molecule has 78 valence electrons. The molecular weight excluding hydrogens is 195 g/mol. The Morgan fingerprint density at radius 1 is 1.46 bits per heavy atom. The van der Waals surface area contributed by atoms with Crippen LogP contribution in [0.3, 0.4) is 0 Å². The Morgan fingerprint density at radius 2 is 2.08 bits per heavy atom. The molecule has 0 aliphatic rings. The fourth-order valence-corrected chi connectivity index (χ4v) is 0.345. The Kier molecular flexibility index (Phi) is 5.16. The zero-order valence-corrected chi connectivity index (χ0v) is 6.43. The van der Waals surface area contributed by atoms with E-state index in [9.17, 15) is 18.0 Å². The number of amides is 1. The van der Waals surface area contributed by atoms with Crippen LogP contribution in [0.25, 0.3) is 0 Å². The van der Waals surface area contributed by atoms with Crippen LogP contribution in [-0.4, -0.2) is 37.2 Å². The number of hydroxylamine groups is 1. The van der Waals surface area contributed by atoms with Crippen molar-refractivity contribution < 1.29 is 32.6 Å². The Labute approximate surface area is 71.4 Å². The van der Waals surface area contributed by atoms with Crippen molar-refractivity contribution in [1.29, 1.82) is 0 Å². The molecule has 0 aromatic carbocycles. The van der Waals surface area contributed by atoms with Crippen LogP contribution in [0, 0.1) is 0 Å². The van der Waals surface area contributed by atoms with E-state index < -0.39 is 25.5 Å². The fraction of sp³-hybridized carbons (Fsp3) is 0.800. The van der Waals surface area contributed by atoms with Gasteiger partial charge in [-0.15, -0.1) is 0 Å². The van der Waals surface area contributed by atoms with Crippen LogP contribution in [0.1, 0.15) is 0 Å². The van der Waals surface area contributed by atoms with E-state index in [4.69, 9.17) is 5.11 Å². The summed E-state index contributed by atoms with van der Waals surface area (Å²) in [4.78, 5) is 14.1. The van der Waals surface area contributed by atoms with Crippen LogP contribution < -0.4 is 5.48 Å².